The van der Waals surface area contributed by atoms with Crippen molar-refractivity contribution in [1.82, 2.24) is 10.2 Å². The number of thioether (sulfide) groups is 1. The summed E-state index contributed by atoms with van der Waals surface area (Å²) in [5.74, 6) is -0.757. The third kappa shape index (κ3) is 8.41. The molecule has 0 aliphatic rings. The molecule has 4 nitrogen and oxygen atoms in total. The molecule has 0 bridgehead atoms. The maximum Gasteiger partial charge on any atom is 0.243 e. The summed E-state index contributed by atoms with van der Waals surface area (Å²) in [6.45, 7) is 2.59. The van der Waals surface area contributed by atoms with Gasteiger partial charge in [-0.25, -0.2) is 4.39 Å². The van der Waals surface area contributed by atoms with Gasteiger partial charge in [-0.3, -0.25) is 9.59 Å². The molecule has 0 aliphatic carbocycles. The van der Waals surface area contributed by atoms with Crippen LogP contribution in [0, 0.1) is 5.82 Å². The lowest BCUT2D eigenvalue weighted by Gasteiger charge is -2.31. The van der Waals surface area contributed by atoms with Crippen LogP contribution in [0.4, 0.5) is 4.39 Å². The summed E-state index contributed by atoms with van der Waals surface area (Å²) in [5, 5.41) is 3.59. The molecule has 0 saturated carbocycles. The van der Waals surface area contributed by atoms with Crippen molar-refractivity contribution in [3.8, 4) is 0 Å². The average Bonchev–Trinajstić information content (AvgIpc) is 2.87. The van der Waals surface area contributed by atoms with Crippen molar-refractivity contribution in [2.75, 3.05) is 12.3 Å². The van der Waals surface area contributed by atoms with Crippen molar-refractivity contribution in [1.29, 1.82) is 0 Å². The lowest BCUT2D eigenvalue weighted by atomic mass is 10.0. The summed E-state index contributed by atoms with van der Waals surface area (Å²) in [7, 11) is 0. The van der Waals surface area contributed by atoms with Crippen molar-refractivity contribution in [3.63, 3.8) is 0 Å². The van der Waals surface area contributed by atoms with E-state index in [1.165, 1.54) is 22.7 Å². The van der Waals surface area contributed by atoms with E-state index < -0.39 is 11.9 Å². The topological polar surface area (TPSA) is 49.4 Å². The Labute approximate surface area is 215 Å². The molecule has 35 heavy (non-hydrogen) atoms. The van der Waals surface area contributed by atoms with E-state index in [0.29, 0.717) is 23.6 Å². The quantitative estimate of drug-likeness (QED) is 0.235. The summed E-state index contributed by atoms with van der Waals surface area (Å²) in [5.41, 5.74) is 1.30. The molecule has 184 valence electrons. The van der Waals surface area contributed by atoms with Crippen LogP contribution >= 0.6 is 23.4 Å². The molecule has 0 saturated heterocycles. The van der Waals surface area contributed by atoms with Gasteiger partial charge in [0.1, 0.15) is 11.9 Å². The maximum absolute atomic E-state index is 14.6. The standard InChI is InChI=1S/C28H30ClFN2O2S/c1-2-3-17-31-28(34)26(18-21-9-5-4-6-10-21)32(19-22-11-7-8-12-25(22)30)27(33)20-35-24-15-13-23(29)14-16-24/h4-16,26H,2-3,17-20H2,1H3,(H,31,34)/t26-/m1/s1. The number of carbonyl (C=O) groups is 2. The number of nitrogens with zero attached hydrogens (tertiary/aromatic N) is 1. The van der Waals surface area contributed by atoms with Crippen LogP contribution in [-0.4, -0.2) is 35.1 Å². The lowest BCUT2D eigenvalue weighted by molar-refractivity contribution is -0.139. The number of hydrogen-bond donors (Lipinski definition) is 1. The molecule has 0 heterocycles. The Bertz CT molecular complexity index is 1100. The van der Waals surface area contributed by atoms with E-state index in [4.69, 9.17) is 11.6 Å². The molecular weight excluding hydrogens is 483 g/mol. The van der Waals surface area contributed by atoms with E-state index in [-0.39, 0.29) is 24.1 Å². The van der Waals surface area contributed by atoms with Gasteiger partial charge in [0.25, 0.3) is 0 Å². The summed E-state index contributed by atoms with van der Waals surface area (Å²) < 4.78 is 14.6. The first-order chi connectivity index (χ1) is 17.0. The van der Waals surface area contributed by atoms with Gasteiger partial charge in [-0.15, -0.1) is 11.8 Å². The summed E-state index contributed by atoms with van der Waals surface area (Å²) in [6.07, 6.45) is 2.13. The van der Waals surface area contributed by atoms with Crippen LogP contribution in [0.15, 0.2) is 83.8 Å². The van der Waals surface area contributed by atoms with Gasteiger partial charge >= 0.3 is 0 Å². The highest BCUT2D eigenvalue weighted by Gasteiger charge is 2.30. The second-order valence-corrected chi connectivity index (χ2v) is 9.69. The van der Waals surface area contributed by atoms with Gasteiger partial charge in [0.15, 0.2) is 0 Å². The number of amides is 2. The summed E-state index contributed by atoms with van der Waals surface area (Å²) in [4.78, 5) is 29.3. The Balaban J connectivity index is 1.88. The van der Waals surface area contributed by atoms with Gasteiger partial charge in [0.2, 0.25) is 11.8 Å². The summed E-state index contributed by atoms with van der Waals surface area (Å²) in [6, 6.07) is 22.4. The molecule has 2 amide bonds. The molecule has 0 aromatic heterocycles. The molecule has 0 aliphatic heterocycles. The van der Waals surface area contributed by atoms with Crippen molar-refractivity contribution in [2.24, 2.45) is 0 Å². The monoisotopic (exact) mass is 512 g/mol. The average molecular weight is 513 g/mol. The predicted molar refractivity (Wildman–Crippen MR) is 141 cm³/mol. The van der Waals surface area contributed by atoms with Crippen LogP contribution in [0.1, 0.15) is 30.9 Å². The van der Waals surface area contributed by atoms with E-state index in [1.54, 1.807) is 30.3 Å². The third-order valence-electron chi connectivity index (χ3n) is 5.58. The van der Waals surface area contributed by atoms with Crippen LogP contribution in [-0.2, 0) is 22.6 Å². The van der Waals surface area contributed by atoms with E-state index in [2.05, 4.69) is 12.2 Å². The van der Waals surface area contributed by atoms with Crippen molar-refractivity contribution in [2.45, 2.75) is 43.7 Å². The van der Waals surface area contributed by atoms with Crippen LogP contribution in [0.25, 0.3) is 0 Å². The molecule has 3 rings (SSSR count). The largest absolute Gasteiger partial charge is 0.354 e. The fourth-order valence-electron chi connectivity index (χ4n) is 3.63. The Morgan fingerprint density at radius 3 is 2.37 bits per heavy atom. The fourth-order valence-corrected chi connectivity index (χ4v) is 4.54. The minimum Gasteiger partial charge on any atom is -0.354 e. The molecule has 1 atom stereocenters. The van der Waals surface area contributed by atoms with Gasteiger partial charge in [-0.2, -0.15) is 0 Å². The highest BCUT2D eigenvalue weighted by Crippen LogP contribution is 2.23. The number of rotatable bonds is 12. The van der Waals surface area contributed by atoms with Gasteiger partial charge < -0.3 is 10.2 Å². The molecule has 3 aromatic carbocycles. The van der Waals surface area contributed by atoms with Crippen LogP contribution in [0.3, 0.4) is 0 Å². The smallest absolute Gasteiger partial charge is 0.243 e. The Hall–Kier alpha value is -2.83. The van der Waals surface area contributed by atoms with Gasteiger partial charge in [0.05, 0.1) is 5.75 Å². The number of nitrogens with one attached hydrogen (secondary N) is 1. The third-order valence-corrected chi connectivity index (χ3v) is 6.82. The summed E-state index contributed by atoms with van der Waals surface area (Å²) >= 11 is 7.33. The van der Waals surface area contributed by atoms with Crippen LogP contribution < -0.4 is 5.32 Å². The van der Waals surface area contributed by atoms with Gasteiger partial charge in [0, 0.05) is 35.0 Å². The molecule has 3 aromatic rings. The highest BCUT2D eigenvalue weighted by atomic mass is 35.5. The van der Waals surface area contributed by atoms with E-state index in [9.17, 15) is 14.0 Å². The molecule has 1 N–H and O–H groups in total. The predicted octanol–water partition coefficient (Wildman–Crippen LogP) is 6.13. The first-order valence-electron chi connectivity index (χ1n) is 11.7. The number of halogens is 2. The number of carbonyl (C=O) groups excluding carboxylic acids is 2. The molecular formula is C28H30ClFN2O2S. The van der Waals surface area contributed by atoms with E-state index in [0.717, 1.165) is 23.3 Å². The number of hydrogen-bond acceptors (Lipinski definition) is 3. The van der Waals surface area contributed by atoms with Gasteiger partial charge in [-0.1, -0.05) is 73.5 Å². The molecule has 7 heteroatoms. The molecule has 0 fully saturated rings. The molecule has 0 spiro atoms. The first kappa shape index (κ1) is 26.8. The lowest BCUT2D eigenvalue weighted by Crippen LogP contribution is -2.51. The van der Waals surface area contributed by atoms with Crippen LogP contribution in [0.2, 0.25) is 5.02 Å². The minimum atomic E-state index is -0.771. The molecule has 0 unspecified atom stereocenters. The Kier molecular flexibility index (Phi) is 10.6. The second-order valence-electron chi connectivity index (χ2n) is 8.21. The SMILES string of the molecule is CCCCNC(=O)[C@@H](Cc1ccccc1)N(Cc1ccccc1F)C(=O)CSc1ccc(Cl)cc1. The van der Waals surface area contributed by atoms with Crippen LogP contribution in [0.5, 0.6) is 0 Å². The van der Waals surface area contributed by atoms with Crippen molar-refractivity contribution >= 4 is 35.2 Å². The zero-order valence-electron chi connectivity index (χ0n) is 19.8. The molecule has 0 radical (unpaired) electrons. The zero-order valence-corrected chi connectivity index (χ0v) is 21.3. The minimum absolute atomic E-state index is 0.00534. The normalized spacial score (nSPS) is 11.6. The fraction of sp³-hybridized carbons (Fsp3) is 0.286. The zero-order chi connectivity index (χ0) is 25.0. The number of benzene rings is 3. The van der Waals surface area contributed by atoms with E-state index >= 15 is 0 Å². The maximum atomic E-state index is 14.6. The highest BCUT2D eigenvalue weighted by molar-refractivity contribution is 8.00. The van der Waals surface area contributed by atoms with Crippen molar-refractivity contribution < 1.29 is 14.0 Å². The first-order valence-corrected chi connectivity index (χ1v) is 13.1. The van der Waals surface area contributed by atoms with Gasteiger partial charge in [-0.05, 0) is 42.3 Å². The Morgan fingerprint density at radius 2 is 1.69 bits per heavy atom. The second kappa shape index (κ2) is 13.9. The number of unbranched alkanes of at least 4 members (excludes halogenated alkanes) is 1. The van der Waals surface area contributed by atoms with E-state index in [1.807, 2.05) is 42.5 Å². The Morgan fingerprint density at radius 1 is 1.00 bits per heavy atom. The van der Waals surface area contributed by atoms with Crippen molar-refractivity contribution in [3.05, 3.63) is 101 Å².